The highest BCUT2D eigenvalue weighted by Gasteiger charge is 2.08. The Bertz CT molecular complexity index is 647. The van der Waals surface area contributed by atoms with Gasteiger partial charge in [0.25, 0.3) is 0 Å². The number of halogens is 1. The molecule has 0 radical (unpaired) electrons. The first kappa shape index (κ1) is 17.3. The van der Waals surface area contributed by atoms with Crippen molar-refractivity contribution < 1.29 is 9.53 Å². The minimum absolute atomic E-state index is 0.0577. The number of carbonyl (C=O) groups excluding carboxylic acids is 1. The predicted molar refractivity (Wildman–Crippen MR) is 94.3 cm³/mol. The number of carbonyl (C=O) groups is 1. The Morgan fingerprint density at radius 2 is 1.96 bits per heavy atom. The third-order valence-corrected chi connectivity index (χ3v) is 3.60. The van der Waals surface area contributed by atoms with E-state index in [1.165, 1.54) is 0 Å². The molecule has 0 spiro atoms. The van der Waals surface area contributed by atoms with Gasteiger partial charge in [0.05, 0.1) is 6.54 Å². The topological polar surface area (TPSA) is 41.6 Å². The molecule has 0 bridgehead atoms. The zero-order valence-electron chi connectivity index (χ0n) is 13.4. The number of hydrogen-bond donors (Lipinski definition) is 1. The third-order valence-electron chi connectivity index (χ3n) is 3.36. The monoisotopic (exact) mass is 332 g/mol. The Labute approximate surface area is 142 Å². The summed E-state index contributed by atoms with van der Waals surface area (Å²) in [5, 5.41) is 3.56. The summed E-state index contributed by atoms with van der Waals surface area (Å²) in [6.45, 7) is 3.43. The number of hydrogen-bond acceptors (Lipinski definition) is 3. The Morgan fingerprint density at radius 1 is 1.22 bits per heavy atom. The van der Waals surface area contributed by atoms with Crippen molar-refractivity contribution in [3.63, 3.8) is 0 Å². The molecule has 0 aromatic heterocycles. The molecule has 0 saturated heterocycles. The van der Waals surface area contributed by atoms with E-state index in [0.717, 1.165) is 17.0 Å². The second kappa shape index (κ2) is 8.56. The van der Waals surface area contributed by atoms with Crippen molar-refractivity contribution in [3.05, 3.63) is 59.1 Å². The van der Waals surface area contributed by atoms with E-state index >= 15 is 0 Å². The van der Waals surface area contributed by atoms with Crippen LogP contribution >= 0.6 is 11.6 Å². The molecule has 0 unspecified atom stereocenters. The molecule has 1 amide bonds. The van der Waals surface area contributed by atoms with Crippen LogP contribution in [0.1, 0.15) is 5.56 Å². The van der Waals surface area contributed by atoms with Gasteiger partial charge in [-0.25, -0.2) is 0 Å². The maximum atomic E-state index is 12.1. The minimum atomic E-state index is -0.0577. The molecule has 2 rings (SSSR count). The summed E-state index contributed by atoms with van der Waals surface area (Å²) in [7, 11) is 1.89. The number of amides is 1. The number of nitrogens with one attached hydrogen (secondary N) is 1. The average molecular weight is 333 g/mol. The van der Waals surface area contributed by atoms with Crippen molar-refractivity contribution in [1.29, 1.82) is 0 Å². The average Bonchev–Trinajstić information content (AvgIpc) is 2.51. The van der Waals surface area contributed by atoms with Gasteiger partial charge in [-0.1, -0.05) is 29.8 Å². The molecule has 23 heavy (non-hydrogen) atoms. The largest absolute Gasteiger partial charge is 0.492 e. The number of para-hydroxylation sites is 1. The molecule has 1 N–H and O–H groups in total. The summed E-state index contributed by atoms with van der Waals surface area (Å²) in [5.41, 5.74) is 1.73. The van der Waals surface area contributed by atoms with Gasteiger partial charge in [-0.15, -0.1) is 0 Å². The standard InChI is InChI=1S/C18H21ClN2O2/c1-14-12-15(19)8-9-17(14)20-18(22)13-21(2)10-11-23-16-6-4-3-5-7-16/h3-9,12H,10-11,13H2,1-2H3,(H,20,22). The zero-order valence-corrected chi connectivity index (χ0v) is 14.1. The first-order valence-electron chi connectivity index (χ1n) is 7.47. The van der Waals surface area contributed by atoms with Crippen LogP contribution in [0.2, 0.25) is 5.02 Å². The van der Waals surface area contributed by atoms with Crippen molar-refractivity contribution >= 4 is 23.2 Å². The predicted octanol–water partition coefficient (Wildman–Crippen LogP) is 3.60. The van der Waals surface area contributed by atoms with E-state index in [4.69, 9.17) is 16.3 Å². The van der Waals surface area contributed by atoms with Crippen LogP contribution in [-0.4, -0.2) is 37.6 Å². The molecule has 2 aromatic rings. The van der Waals surface area contributed by atoms with E-state index in [-0.39, 0.29) is 5.91 Å². The summed E-state index contributed by atoms with van der Waals surface area (Å²) >= 11 is 5.91. The van der Waals surface area contributed by atoms with Crippen LogP contribution < -0.4 is 10.1 Å². The van der Waals surface area contributed by atoms with E-state index < -0.39 is 0 Å². The number of aryl methyl sites for hydroxylation is 1. The number of ether oxygens (including phenoxy) is 1. The van der Waals surface area contributed by atoms with Crippen LogP contribution in [0.25, 0.3) is 0 Å². The second-order valence-corrected chi connectivity index (χ2v) is 5.84. The van der Waals surface area contributed by atoms with Gasteiger partial charge in [0.15, 0.2) is 0 Å². The van der Waals surface area contributed by atoms with Gasteiger partial charge in [-0.2, -0.15) is 0 Å². The lowest BCUT2D eigenvalue weighted by molar-refractivity contribution is -0.117. The Morgan fingerprint density at radius 3 is 2.65 bits per heavy atom. The molecule has 122 valence electrons. The van der Waals surface area contributed by atoms with Gasteiger partial charge in [0.2, 0.25) is 5.91 Å². The quantitative estimate of drug-likeness (QED) is 0.842. The molecule has 2 aromatic carbocycles. The van der Waals surface area contributed by atoms with Gasteiger partial charge >= 0.3 is 0 Å². The minimum Gasteiger partial charge on any atom is -0.492 e. The van der Waals surface area contributed by atoms with E-state index in [9.17, 15) is 4.79 Å². The van der Waals surface area contributed by atoms with Crippen molar-refractivity contribution in [3.8, 4) is 5.75 Å². The summed E-state index contributed by atoms with van der Waals surface area (Å²) < 4.78 is 5.62. The molecule has 0 aliphatic rings. The normalized spacial score (nSPS) is 10.6. The lowest BCUT2D eigenvalue weighted by Crippen LogP contribution is -2.33. The van der Waals surface area contributed by atoms with E-state index in [1.54, 1.807) is 6.07 Å². The van der Waals surface area contributed by atoms with E-state index in [2.05, 4.69) is 5.32 Å². The Balaban J connectivity index is 1.74. The SMILES string of the molecule is Cc1cc(Cl)ccc1NC(=O)CN(C)CCOc1ccccc1. The molecule has 0 aliphatic heterocycles. The van der Waals surface area contributed by atoms with Crippen LogP contribution in [0, 0.1) is 6.92 Å². The number of anilines is 1. The fourth-order valence-electron chi connectivity index (χ4n) is 2.12. The van der Waals surface area contributed by atoms with Crippen LogP contribution in [0.15, 0.2) is 48.5 Å². The molecule has 0 aliphatic carbocycles. The molecule has 0 fully saturated rings. The maximum Gasteiger partial charge on any atom is 0.238 e. The molecular formula is C18H21ClN2O2. The van der Waals surface area contributed by atoms with Gasteiger partial charge in [0, 0.05) is 17.3 Å². The molecule has 0 saturated carbocycles. The summed E-state index contributed by atoms with van der Waals surface area (Å²) in [4.78, 5) is 14.0. The maximum absolute atomic E-state index is 12.1. The molecule has 4 nitrogen and oxygen atoms in total. The number of rotatable bonds is 7. The fraction of sp³-hybridized carbons (Fsp3) is 0.278. The smallest absolute Gasteiger partial charge is 0.238 e. The fourth-order valence-corrected chi connectivity index (χ4v) is 2.34. The highest BCUT2D eigenvalue weighted by molar-refractivity contribution is 6.30. The third kappa shape index (κ3) is 5.93. The first-order chi connectivity index (χ1) is 11.0. The van der Waals surface area contributed by atoms with Crippen molar-refractivity contribution in [2.75, 3.05) is 32.1 Å². The highest BCUT2D eigenvalue weighted by atomic mass is 35.5. The van der Waals surface area contributed by atoms with E-state index in [1.807, 2.05) is 61.3 Å². The zero-order chi connectivity index (χ0) is 16.7. The second-order valence-electron chi connectivity index (χ2n) is 5.41. The number of likely N-dealkylation sites (N-methyl/N-ethyl adjacent to an activating group) is 1. The van der Waals surface area contributed by atoms with Crippen LogP contribution in [0.4, 0.5) is 5.69 Å². The summed E-state index contributed by atoms with van der Waals surface area (Å²) in [5.74, 6) is 0.778. The van der Waals surface area contributed by atoms with Crippen LogP contribution in [-0.2, 0) is 4.79 Å². The lowest BCUT2D eigenvalue weighted by atomic mass is 10.2. The van der Waals surface area contributed by atoms with Crippen LogP contribution in [0.3, 0.4) is 0 Å². The number of benzene rings is 2. The molecule has 0 heterocycles. The van der Waals surface area contributed by atoms with Gasteiger partial charge < -0.3 is 10.1 Å². The van der Waals surface area contributed by atoms with Crippen molar-refractivity contribution in [2.45, 2.75) is 6.92 Å². The first-order valence-corrected chi connectivity index (χ1v) is 7.85. The van der Waals surface area contributed by atoms with E-state index in [0.29, 0.717) is 24.7 Å². The van der Waals surface area contributed by atoms with Gasteiger partial charge in [0.1, 0.15) is 12.4 Å². The Kier molecular flexibility index (Phi) is 6.44. The Hall–Kier alpha value is -2.04. The molecule has 0 atom stereocenters. The van der Waals surface area contributed by atoms with Crippen molar-refractivity contribution in [1.82, 2.24) is 4.90 Å². The number of nitrogens with zero attached hydrogens (tertiary/aromatic N) is 1. The van der Waals surface area contributed by atoms with Crippen molar-refractivity contribution in [2.24, 2.45) is 0 Å². The summed E-state index contributed by atoms with van der Waals surface area (Å²) in [6.07, 6.45) is 0. The van der Waals surface area contributed by atoms with Gasteiger partial charge in [-0.3, -0.25) is 9.69 Å². The highest BCUT2D eigenvalue weighted by Crippen LogP contribution is 2.19. The molecule has 5 heteroatoms. The van der Waals surface area contributed by atoms with Crippen LogP contribution in [0.5, 0.6) is 5.75 Å². The molecular weight excluding hydrogens is 312 g/mol. The summed E-state index contributed by atoms with van der Waals surface area (Å²) in [6, 6.07) is 15.0. The lowest BCUT2D eigenvalue weighted by Gasteiger charge is -2.17. The van der Waals surface area contributed by atoms with Gasteiger partial charge in [-0.05, 0) is 49.9 Å².